The summed E-state index contributed by atoms with van der Waals surface area (Å²) in [5.74, 6) is -1.34. The molecule has 2 atom stereocenters. The fourth-order valence-corrected chi connectivity index (χ4v) is 5.23. The smallest absolute Gasteiger partial charge is 0.262 e. The molecule has 0 aliphatic carbocycles. The van der Waals surface area contributed by atoms with Crippen LogP contribution in [0.3, 0.4) is 0 Å². The molecule has 2 aliphatic rings. The predicted molar refractivity (Wildman–Crippen MR) is 137 cm³/mol. The number of anilines is 1. The number of benzene rings is 3. The van der Waals surface area contributed by atoms with Gasteiger partial charge in [0.25, 0.3) is 5.91 Å². The van der Waals surface area contributed by atoms with E-state index in [-0.39, 0.29) is 29.3 Å². The third-order valence-corrected chi connectivity index (χ3v) is 7.13. The van der Waals surface area contributed by atoms with Crippen molar-refractivity contribution in [2.24, 2.45) is 10.1 Å². The molecule has 2 heterocycles. The van der Waals surface area contributed by atoms with Crippen LogP contribution in [0.25, 0.3) is 0 Å². The van der Waals surface area contributed by atoms with E-state index < -0.39 is 11.1 Å². The summed E-state index contributed by atoms with van der Waals surface area (Å²) in [6.07, 6.45) is 0.586. The minimum Gasteiger partial charge on any atom is -0.326 e. The van der Waals surface area contributed by atoms with Gasteiger partial charge in [-0.3, -0.25) is 9.59 Å². The van der Waals surface area contributed by atoms with Crippen molar-refractivity contribution in [3.05, 3.63) is 101 Å². The van der Waals surface area contributed by atoms with Crippen molar-refractivity contribution >= 4 is 51.7 Å². The molecule has 0 saturated heterocycles. The number of hydrazone groups is 1. The molecule has 2 aliphatic heterocycles. The largest absolute Gasteiger partial charge is 0.326 e. The number of carbonyl (C=O) groups is 2. The van der Waals surface area contributed by atoms with Gasteiger partial charge in [-0.25, -0.2) is 9.40 Å². The number of aliphatic imine (C=N–C) groups is 1. The quantitative estimate of drug-likeness (QED) is 0.484. The van der Waals surface area contributed by atoms with E-state index in [1.165, 1.54) is 30.0 Å². The summed E-state index contributed by atoms with van der Waals surface area (Å²) in [5, 5.41) is 8.98. The average Bonchev–Trinajstić information content (AvgIpc) is 3.47. The Hall–Kier alpha value is -3.49. The van der Waals surface area contributed by atoms with E-state index in [1.807, 2.05) is 60.7 Å². The van der Waals surface area contributed by atoms with Crippen LogP contribution < -0.4 is 5.32 Å². The summed E-state index contributed by atoms with van der Waals surface area (Å²) >= 11 is 7.01. The standard InChI is InChI=1S/C26H20ClFN4O2S/c27-19-13-18(11-12-20(19)28)29-24(33)15-23-25(34)30-26(35-23)32-22(17-9-5-2-6-10-17)14-21(31-32)16-7-3-1-4-8-16/h1-13,22-23H,14-15H2,(H,29,33)/t22-,23+/m0/s1. The zero-order valence-corrected chi connectivity index (χ0v) is 20.0. The SMILES string of the molecule is O=C(C[C@H]1SC(N2N=C(c3ccccc3)C[C@H]2c2ccccc2)=NC1=O)Nc1ccc(F)c(Cl)c1. The Morgan fingerprint density at radius 2 is 1.80 bits per heavy atom. The molecule has 176 valence electrons. The maximum atomic E-state index is 13.4. The number of hydrogen-bond acceptors (Lipinski definition) is 5. The lowest BCUT2D eigenvalue weighted by Crippen LogP contribution is -2.25. The highest BCUT2D eigenvalue weighted by Crippen LogP contribution is 2.38. The minimum absolute atomic E-state index is 0.0788. The van der Waals surface area contributed by atoms with E-state index in [2.05, 4.69) is 10.3 Å². The summed E-state index contributed by atoms with van der Waals surface area (Å²) < 4.78 is 13.4. The van der Waals surface area contributed by atoms with Crippen LogP contribution in [0.1, 0.15) is 30.0 Å². The number of hydrogen-bond donors (Lipinski definition) is 1. The van der Waals surface area contributed by atoms with Crippen molar-refractivity contribution < 1.29 is 14.0 Å². The lowest BCUT2D eigenvalue weighted by atomic mass is 9.99. The second-order valence-corrected chi connectivity index (χ2v) is 9.69. The summed E-state index contributed by atoms with van der Waals surface area (Å²) in [6, 6.07) is 23.7. The summed E-state index contributed by atoms with van der Waals surface area (Å²) in [5.41, 5.74) is 3.34. The van der Waals surface area contributed by atoms with Gasteiger partial charge in [0.05, 0.1) is 16.8 Å². The Kier molecular flexibility index (Phi) is 6.66. The van der Waals surface area contributed by atoms with Crippen molar-refractivity contribution in [1.82, 2.24) is 5.01 Å². The Morgan fingerprint density at radius 3 is 2.51 bits per heavy atom. The lowest BCUT2D eigenvalue weighted by molar-refractivity contribution is -0.121. The molecule has 0 aromatic heterocycles. The molecular weight excluding hydrogens is 487 g/mol. The van der Waals surface area contributed by atoms with Crippen LogP contribution in [0.2, 0.25) is 5.02 Å². The van der Waals surface area contributed by atoms with E-state index in [0.29, 0.717) is 17.3 Å². The molecule has 9 heteroatoms. The molecule has 5 rings (SSSR count). The zero-order valence-electron chi connectivity index (χ0n) is 18.4. The third-order valence-electron chi connectivity index (χ3n) is 5.70. The highest BCUT2D eigenvalue weighted by Gasteiger charge is 2.39. The highest BCUT2D eigenvalue weighted by molar-refractivity contribution is 8.15. The van der Waals surface area contributed by atoms with Gasteiger partial charge >= 0.3 is 0 Å². The monoisotopic (exact) mass is 506 g/mol. The van der Waals surface area contributed by atoms with Crippen LogP contribution in [0.5, 0.6) is 0 Å². The second-order valence-electron chi connectivity index (χ2n) is 8.11. The molecule has 0 unspecified atom stereocenters. The third kappa shape index (κ3) is 5.13. The maximum Gasteiger partial charge on any atom is 0.262 e. The normalized spacial score (nSPS) is 19.5. The first-order chi connectivity index (χ1) is 17.0. The number of nitrogens with one attached hydrogen (secondary N) is 1. The first-order valence-corrected chi connectivity index (χ1v) is 12.2. The van der Waals surface area contributed by atoms with Crippen LogP contribution in [0, 0.1) is 5.82 Å². The molecule has 6 nitrogen and oxygen atoms in total. The first-order valence-electron chi connectivity index (χ1n) is 11.0. The molecule has 0 saturated carbocycles. The average molecular weight is 507 g/mol. The minimum atomic E-state index is -0.673. The van der Waals surface area contributed by atoms with E-state index in [9.17, 15) is 14.0 Å². The summed E-state index contributed by atoms with van der Waals surface area (Å²) in [7, 11) is 0. The van der Waals surface area contributed by atoms with Crippen molar-refractivity contribution in [2.75, 3.05) is 5.32 Å². The number of halogens is 2. The van der Waals surface area contributed by atoms with E-state index >= 15 is 0 Å². The Labute approximate surface area is 210 Å². The number of rotatable bonds is 5. The molecule has 0 radical (unpaired) electrons. The number of amides is 2. The van der Waals surface area contributed by atoms with Crippen molar-refractivity contribution in [3.8, 4) is 0 Å². The number of thioether (sulfide) groups is 1. The van der Waals surface area contributed by atoms with Gasteiger partial charge in [-0.05, 0) is 29.3 Å². The molecular formula is C26H20ClFN4O2S. The maximum absolute atomic E-state index is 13.4. The van der Waals surface area contributed by atoms with Gasteiger partial charge < -0.3 is 5.32 Å². The fourth-order valence-electron chi connectivity index (χ4n) is 3.99. The summed E-state index contributed by atoms with van der Waals surface area (Å²) in [4.78, 5) is 29.5. The molecule has 1 N–H and O–H groups in total. The summed E-state index contributed by atoms with van der Waals surface area (Å²) in [6.45, 7) is 0. The Morgan fingerprint density at radius 1 is 1.09 bits per heavy atom. The van der Waals surface area contributed by atoms with Crippen LogP contribution in [-0.4, -0.2) is 33.0 Å². The van der Waals surface area contributed by atoms with Gasteiger partial charge in [0.1, 0.15) is 11.1 Å². The number of amidine groups is 1. The zero-order chi connectivity index (χ0) is 24.4. The lowest BCUT2D eigenvalue weighted by Gasteiger charge is -2.23. The van der Waals surface area contributed by atoms with Crippen LogP contribution in [0.4, 0.5) is 10.1 Å². The molecule has 0 fully saturated rings. The van der Waals surface area contributed by atoms with Gasteiger partial charge in [0.2, 0.25) is 5.91 Å². The second kappa shape index (κ2) is 10.0. The van der Waals surface area contributed by atoms with Gasteiger partial charge in [0, 0.05) is 18.5 Å². The Balaban J connectivity index is 1.32. The fraction of sp³-hybridized carbons (Fsp3) is 0.154. The molecule has 3 aromatic rings. The molecule has 0 bridgehead atoms. The highest BCUT2D eigenvalue weighted by atomic mass is 35.5. The van der Waals surface area contributed by atoms with E-state index in [1.54, 1.807) is 5.01 Å². The van der Waals surface area contributed by atoms with Gasteiger partial charge in [-0.1, -0.05) is 84.0 Å². The number of nitrogens with zero attached hydrogens (tertiary/aromatic N) is 3. The van der Waals surface area contributed by atoms with E-state index in [4.69, 9.17) is 16.7 Å². The van der Waals surface area contributed by atoms with Gasteiger partial charge in [-0.2, -0.15) is 10.1 Å². The molecule has 2 amide bonds. The molecule has 35 heavy (non-hydrogen) atoms. The van der Waals surface area contributed by atoms with Crippen LogP contribution in [-0.2, 0) is 9.59 Å². The Bertz CT molecular complexity index is 1330. The van der Waals surface area contributed by atoms with Crippen LogP contribution >= 0.6 is 23.4 Å². The first kappa shape index (κ1) is 23.3. The molecule has 3 aromatic carbocycles. The molecule has 0 spiro atoms. The van der Waals surface area contributed by atoms with Gasteiger partial charge in [-0.15, -0.1) is 0 Å². The van der Waals surface area contributed by atoms with Crippen molar-refractivity contribution in [2.45, 2.75) is 24.1 Å². The van der Waals surface area contributed by atoms with Crippen molar-refractivity contribution in [1.29, 1.82) is 0 Å². The van der Waals surface area contributed by atoms with Gasteiger partial charge in [0.15, 0.2) is 5.17 Å². The topological polar surface area (TPSA) is 74.1 Å². The number of carbonyl (C=O) groups excluding carboxylic acids is 2. The predicted octanol–water partition coefficient (Wildman–Crippen LogP) is 5.66. The van der Waals surface area contributed by atoms with Crippen molar-refractivity contribution in [3.63, 3.8) is 0 Å². The van der Waals surface area contributed by atoms with E-state index in [0.717, 1.165) is 16.8 Å². The van der Waals surface area contributed by atoms with Crippen LogP contribution in [0.15, 0.2) is 89.0 Å².